The van der Waals surface area contributed by atoms with Crippen LogP contribution in [0.1, 0.15) is 51.4 Å². The van der Waals surface area contributed by atoms with Gasteiger partial charge >= 0.3 is 0 Å². The van der Waals surface area contributed by atoms with Gasteiger partial charge < -0.3 is 4.74 Å². The average molecular weight is 229 g/mol. The Bertz CT molecular complexity index is 237. The standard InChI is InChI=1S/C13H21ClO/c14-12-4-1-3-11(12)10-5-8-15-13(9-10)6-2-7-13/h10-12H,1-9H2. The fourth-order valence-electron chi connectivity index (χ4n) is 3.83. The first-order valence-electron chi connectivity index (χ1n) is 6.57. The smallest absolute Gasteiger partial charge is 0.0685 e. The van der Waals surface area contributed by atoms with E-state index in [2.05, 4.69) is 0 Å². The lowest BCUT2D eigenvalue weighted by Crippen LogP contribution is -2.47. The van der Waals surface area contributed by atoms with E-state index in [1.165, 1.54) is 51.4 Å². The number of halogens is 1. The van der Waals surface area contributed by atoms with Crippen LogP contribution in [0.15, 0.2) is 0 Å². The molecule has 3 atom stereocenters. The summed E-state index contributed by atoms with van der Waals surface area (Å²) in [4.78, 5) is 0. The van der Waals surface area contributed by atoms with Crippen LogP contribution in [0.3, 0.4) is 0 Å². The molecule has 1 spiro atoms. The molecule has 0 aromatic heterocycles. The highest BCUT2D eigenvalue weighted by Gasteiger charge is 2.45. The molecule has 0 N–H and O–H groups in total. The topological polar surface area (TPSA) is 9.23 Å². The Balaban J connectivity index is 1.65. The molecule has 3 rings (SSSR count). The molecular weight excluding hydrogens is 208 g/mol. The Kier molecular flexibility index (Phi) is 2.72. The van der Waals surface area contributed by atoms with Gasteiger partial charge in [0.2, 0.25) is 0 Å². The van der Waals surface area contributed by atoms with Crippen LogP contribution >= 0.6 is 11.6 Å². The van der Waals surface area contributed by atoms with E-state index in [9.17, 15) is 0 Å². The van der Waals surface area contributed by atoms with Gasteiger partial charge in [-0.3, -0.25) is 0 Å². The predicted octanol–water partition coefficient (Wildman–Crippen LogP) is 3.74. The highest BCUT2D eigenvalue weighted by atomic mass is 35.5. The monoisotopic (exact) mass is 228 g/mol. The molecule has 0 radical (unpaired) electrons. The van der Waals surface area contributed by atoms with E-state index in [1.807, 2.05) is 0 Å². The summed E-state index contributed by atoms with van der Waals surface area (Å²) in [5, 5.41) is 0.463. The normalized spacial score (nSPS) is 44.2. The van der Waals surface area contributed by atoms with Gasteiger partial charge in [-0.05, 0) is 56.8 Å². The van der Waals surface area contributed by atoms with Crippen molar-refractivity contribution in [1.29, 1.82) is 0 Å². The third-order valence-corrected chi connectivity index (χ3v) is 5.43. The Morgan fingerprint density at radius 3 is 2.53 bits per heavy atom. The number of ether oxygens (including phenoxy) is 1. The summed E-state index contributed by atoms with van der Waals surface area (Å²) < 4.78 is 5.98. The first-order valence-corrected chi connectivity index (χ1v) is 7.01. The third-order valence-electron chi connectivity index (χ3n) is 4.88. The van der Waals surface area contributed by atoms with Crippen LogP contribution in [0.4, 0.5) is 0 Å². The zero-order chi connectivity index (χ0) is 10.3. The molecule has 1 nitrogen and oxygen atoms in total. The molecule has 3 unspecified atom stereocenters. The molecular formula is C13H21ClO. The molecule has 0 aromatic rings. The molecule has 2 aliphatic carbocycles. The van der Waals surface area contributed by atoms with E-state index in [0.717, 1.165) is 18.4 Å². The summed E-state index contributed by atoms with van der Waals surface area (Å²) in [5.41, 5.74) is 0.308. The Hall–Kier alpha value is 0.250. The van der Waals surface area contributed by atoms with Gasteiger partial charge in [0, 0.05) is 12.0 Å². The first-order chi connectivity index (χ1) is 7.29. The molecule has 0 bridgehead atoms. The van der Waals surface area contributed by atoms with Crippen molar-refractivity contribution in [2.75, 3.05) is 6.61 Å². The van der Waals surface area contributed by atoms with Crippen molar-refractivity contribution < 1.29 is 4.74 Å². The van der Waals surface area contributed by atoms with Gasteiger partial charge in [0.15, 0.2) is 0 Å². The van der Waals surface area contributed by atoms with E-state index in [-0.39, 0.29) is 0 Å². The molecule has 1 saturated heterocycles. The fraction of sp³-hybridized carbons (Fsp3) is 1.00. The molecule has 2 heteroatoms. The van der Waals surface area contributed by atoms with Crippen LogP contribution in [0.5, 0.6) is 0 Å². The predicted molar refractivity (Wildman–Crippen MR) is 62.2 cm³/mol. The van der Waals surface area contributed by atoms with Crippen molar-refractivity contribution in [2.45, 2.75) is 62.3 Å². The number of hydrogen-bond acceptors (Lipinski definition) is 1. The summed E-state index contributed by atoms with van der Waals surface area (Å²) in [7, 11) is 0. The van der Waals surface area contributed by atoms with Gasteiger partial charge in [-0.15, -0.1) is 11.6 Å². The van der Waals surface area contributed by atoms with Gasteiger partial charge in [-0.2, -0.15) is 0 Å². The van der Waals surface area contributed by atoms with Crippen molar-refractivity contribution >= 4 is 11.6 Å². The summed E-state index contributed by atoms with van der Waals surface area (Å²) in [6.45, 7) is 0.991. The minimum Gasteiger partial charge on any atom is -0.375 e. The molecule has 3 fully saturated rings. The van der Waals surface area contributed by atoms with Crippen LogP contribution in [0, 0.1) is 11.8 Å². The zero-order valence-corrected chi connectivity index (χ0v) is 10.1. The second-order valence-corrected chi connectivity index (χ2v) is 6.31. The maximum absolute atomic E-state index is 6.43. The quantitative estimate of drug-likeness (QED) is 0.622. The second kappa shape index (κ2) is 3.92. The highest BCUT2D eigenvalue weighted by Crippen LogP contribution is 2.49. The molecule has 86 valence electrons. The Morgan fingerprint density at radius 1 is 1.07 bits per heavy atom. The minimum absolute atomic E-state index is 0.308. The lowest BCUT2D eigenvalue weighted by Gasteiger charge is -2.48. The van der Waals surface area contributed by atoms with Crippen LogP contribution in [0.2, 0.25) is 0 Å². The lowest BCUT2D eigenvalue weighted by molar-refractivity contribution is -0.149. The van der Waals surface area contributed by atoms with Gasteiger partial charge in [0.05, 0.1) is 5.60 Å². The van der Waals surface area contributed by atoms with Gasteiger partial charge in [0.25, 0.3) is 0 Å². The highest BCUT2D eigenvalue weighted by molar-refractivity contribution is 6.20. The summed E-state index contributed by atoms with van der Waals surface area (Å²) in [6.07, 6.45) is 10.5. The van der Waals surface area contributed by atoms with E-state index in [4.69, 9.17) is 16.3 Å². The Labute approximate surface area is 97.5 Å². The molecule has 3 aliphatic rings. The lowest BCUT2D eigenvalue weighted by atomic mass is 9.69. The van der Waals surface area contributed by atoms with E-state index < -0.39 is 0 Å². The van der Waals surface area contributed by atoms with E-state index >= 15 is 0 Å². The second-order valence-electron chi connectivity index (χ2n) is 5.75. The summed E-state index contributed by atoms with van der Waals surface area (Å²) in [5.74, 6) is 1.66. The van der Waals surface area contributed by atoms with Gasteiger partial charge in [-0.25, -0.2) is 0 Å². The van der Waals surface area contributed by atoms with Crippen LogP contribution in [-0.2, 0) is 4.74 Å². The zero-order valence-electron chi connectivity index (χ0n) is 9.38. The van der Waals surface area contributed by atoms with Crippen molar-refractivity contribution in [3.05, 3.63) is 0 Å². The van der Waals surface area contributed by atoms with Crippen molar-refractivity contribution in [1.82, 2.24) is 0 Å². The molecule has 0 amide bonds. The van der Waals surface area contributed by atoms with E-state index in [1.54, 1.807) is 0 Å². The third kappa shape index (κ3) is 1.82. The van der Waals surface area contributed by atoms with Crippen LogP contribution < -0.4 is 0 Å². The van der Waals surface area contributed by atoms with Crippen LogP contribution in [-0.4, -0.2) is 17.6 Å². The summed E-state index contributed by atoms with van der Waals surface area (Å²) in [6, 6.07) is 0. The maximum Gasteiger partial charge on any atom is 0.0685 e. The van der Waals surface area contributed by atoms with Gasteiger partial charge in [-0.1, -0.05) is 6.42 Å². The maximum atomic E-state index is 6.43. The van der Waals surface area contributed by atoms with Crippen molar-refractivity contribution in [2.24, 2.45) is 11.8 Å². The summed E-state index contributed by atoms with van der Waals surface area (Å²) >= 11 is 6.43. The van der Waals surface area contributed by atoms with Crippen molar-refractivity contribution in [3.8, 4) is 0 Å². The first kappa shape index (κ1) is 10.4. The molecule has 1 aliphatic heterocycles. The molecule has 2 saturated carbocycles. The minimum atomic E-state index is 0.308. The van der Waals surface area contributed by atoms with Gasteiger partial charge in [0.1, 0.15) is 0 Å². The molecule has 1 heterocycles. The van der Waals surface area contributed by atoms with Crippen molar-refractivity contribution in [3.63, 3.8) is 0 Å². The molecule has 15 heavy (non-hydrogen) atoms. The number of alkyl halides is 1. The number of hydrogen-bond donors (Lipinski definition) is 0. The van der Waals surface area contributed by atoms with Crippen LogP contribution in [0.25, 0.3) is 0 Å². The Morgan fingerprint density at radius 2 is 1.93 bits per heavy atom. The SMILES string of the molecule is ClC1CCCC1C1CCOC2(CCC2)C1. The fourth-order valence-corrected chi connectivity index (χ4v) is 4.31. The van der Waals surface area contributed by atoms with E-state index in [0.29, 0.717) is 11.0 Å². The average Bonchev–Trinajstić information content (AvgIpc) is 2.62. The molecule has 0 aromatic carbocycles. The largest absolute Gasteiger partial charge is 0.375 e. The number of rotatable bonds is 1.